The second-order valence-electron chi connectivity index (χ2n) is 4.79. The van der Waals surface area contributed by atoms with Crippen LogP contribution >= 0.6 is 28.1 Å². The summed E-state index contributed by atoms with van der Waals surface area (Å²) in [6.45, 7) is 1.62. The quantitative estimate of drug-likeness (QED) is 0.531. The number of hydrazine groups is 1. The number of thiocarbonyl (C=S) groups is 1. The fourth-order valence-corrected chi connectivity index (χ4v) is 2.12. The molecule has 3 N–H and O–H groups in total. The molecule has 1 atom stereocenters. The Balaban J connectivity index is 1.77. The molecule has 0 saturated heterocycles. The van der Waals surface area contributed by atoms with Gasteiger partial charge in [-0.1, -0.05) is 15.9 Å². The molecule has 0 bridgehead atoms. The van der Waals surface area contributed by atoms with Crippen molar-refractivity contribution in [2.45, 2.75) is 13.0 Å². The number of rotatable bonds is 4. The number of hydrogen-bond donors (Lipinski definition) is 3. The van der Waals surface area contributed by atoms with E-state index in [9.17, 15) is 9.18 Å². The molecule has 0 aromatic heterocycles. The first-order chi connectivity index (χ1) is 11.4. The molecule has 2 rings (SSSR count). The molecule has 126 valence electrons. The zero-order chi connectivity index (χ0) is 17.5. The van der Waals surface area contributed by atoms with Gasteiger partial charge in [-0.05, 0) is 67.7 Å². The second kappa shape index (κ2) is 8.60. The number of ether oxygens (including phenoxy) is 1. The molecule has 0 saturated carbocycles. The lowest BCUT2D eigenvalue weighted by molar-refractivity contribution is -0.127. The van der Waals surface area contributed by atoms with Gasteiger partial charge in [-0.25, -0.2) is 4.39 Å². The van der Waals surface area contributed by atoms with Gasteiger partial charge < -0.3 is 10.1 Å². The van der Waals surface area contributed by atoms with Gasteiger partial charge in [0, 0.05) is 10.2 Å². The maximum atomic E-state index is 12.8. The summed E-state index contributed by atoms with van der Waals surface area (Å²) in [4.78, 5) is 12.0. The highest BCUT2D eigenvalue weighted by molar-refractivity contribution is 9.10. The van der Waals surface area contributed by atoms with E-state index < -0.39 is 6.10 Å². The molecule has 0 aliphatic rings. The average Bonchev–Trinajstić information content (AvgIpc) is 2.57. The fraction of sp³-hybridized carbons (Fsp3) is 0.125. The molecular weight excluding hydrogens is 397 g/mol. The number of hydrogen-bond acceptors (Lipinski definition) is 3. The van der Waals surface area contributed by atoms with Gasteiger partial charge in [0.25, 0.3) is 5.91 Å². The van der Waals surface area contributed by atoms with E-state index in [0.29, 0.717) is 11.4 Å². The molecule has 0 aliphatic heterocycles. The molecule has 0 unspecified atom stereocenters. The first-order valence-corrected chi connectivity index (χ1v) is 8.19. The van der Waals surface area contributed by atoms with Crippen LogP contribution in [0.1, 0.15) is 6.92 Å². The van der Waals surface area contributed by atoms with E-state index in [4.69, 9.17) is 17.0 Å². The third kappa shape index (κ3) is 5.78. The number of benzene rings is 2. The van der Waals surface area contributed by atoms with Crippen LogP contribution in [0.25, 0.3) is 0 Å². The predicted octanol–water partition coefficient (Wildman–Crippen LogP) is 3.37. The van der Waals surface area contributed by atoms with Crippen molar-refractivity contribution in [3.63, 3.8) is 0 Å². The molecule has 0 radical (unpaired) electrons. The Morgan fingerprint density at radius 3 is 2.38 bits per heavy atom. The monoisotopic (exact) mass is 411 g/mol. The Kier molecular flexibility index (Phi) is 6.51. The zero-order valence-corrected chi connectivity index (χ0v) is 15.1. The lowest BCUT2D eigenvalue weighted by Crippen LogP contribution is -2.48. The number of halogens is 2. The predicted molar refractivity (Wildman–Crippen MR) is 98.1 cm³/mol. The van der Waals surface area contributed by atoms with Crippen LogP contribution in [-0.2, 0) is 4.79 Å². The third-order valence-corrected chi connectivity index (χ3v) is 3.63. The standard InChI is InChI=1S/C16H15BrFN3O2S/c1-10(23-14-8-2-11(17)3-9-14)15(22)20-21-16(24)19-13-6-4-12(18)5-7-13/h2-10H,1H3,(H,20,22)(H2,19,21,24)/t10-/m1/s1. The molecule has 0 spiro atoms. The van der Waals surface area contributed by atoms with Crippen molar-refractivity contribution in [3.8, 4) is 5.75 Å². The van der Waals surface area contributed by atoms with Crippen molar-refractivity contribution in [3.05, 3.63) is 58.8 Å². The highest BCUT2D eigenvalue weighted by atomic mass is 79.9. The minimum absolute atomic E-state index is 0.172. The lowest BCUT2D eigenvalue weighted by Gasteiger charge is -2.16. The number of anilines is 1. The Morgan fingerprint density at radius 2 is 1.75 bits per heavy atom. The molecule has 8 heteroatoms. The highest BCUT2D eigenvalue weighted by Gasteiger charge is 2.14. The first-order valence-electron chi connectivity index (χ1n) is 6.98. The topological polar surface area (TPSA) is 62.4 Å². The molecule has 0 fully saturated rings. The smallest absolute Gasteiger partial charge is 0.279 e. The Labute approximate surface area is 152 Å². The SMILES string of the molecule is C[C@@H](Oc1ccc(Br)cc1)C(=O)NNC(=S)Nc1ccc(F)cc1. The van der Waals surface area contributed by atoms with Crippen molar-refractivity contribution in [2.24, 2.45) is 0 Å². The maximum Gasteiger partial charge on any atom is 0.279 e. The van der Waals surface area contributed by atoms with Crippen LogP contribution in [0.4, 0.5) is 10.1 Å². The normalized spacial score (nSPS) is 11.3. The van der Waals surface area contributed by atoms with Crippen LogP contribution < -0.4 is 20.9 Å². The summed E-state index contributed by atoms with van der Waals surface area (Å²) in [7, 11) is 0. The van der Waals surface area contributed by atoms with Gasteiger partial charge in [0.2, 0.25) is 0 Å². The van der Waals surface area contributed by atoms with Crippen molar-refractivity contribution >= 4 is 44.9 Å². The molecule has 0 heterocycles. The molecule has 1 amide bonds. The van der Waals surface area contributed by atoms with Crippen molar-refractivity contribution < 1.29 is 13.9 Å². The van der Waals surface area contributed by atoms with Gasteiger partial charge in [-0.2, -0.15) is 0 Å². The number of carbonyl (C=O) groups is 1. The van der Waals surface area contributed by atoms with E-state index in [-0.39, 0.29) is 16.8 Å². The van der Waals surface area contributed by atoms with Crippen LogP contribution in [0.2, 0.25) is 0 Å². The van der Waals surface area contributed by atoms with E-state index in [1.54, 1.807) is 19.1 Å². The Hall–Kier alpha value is -2.19. The second-order valence-corrected chi connectivity index (χ2v) is 6.11. The van der Waals surface area contributed by atoms with E-state index in [2.05, 4.69) is 32.1 Å². The third-order valence-electron chi connectivity index (χ3n) is 2.90. The van der Waals surface area contributed by atoms with Gasteiger partial charge in [0.05, 0.1) is 0 Å². The van der Waals surface area contributed by atoms with E-state index >= 15 is 0 Å². The maximum absolute atomic E-state index is 12.8. The molecule has 2 aromatic rings. The zero-order valence-electron chi connectivity index (χ0n) is 12.7. The average molecular weight is 412 g/mol. The number of nitrogens with one attached hydrogen (secondary N) is 3. The van der Waals surface area contributed by atoms with E-state index in [0.717, 1.165) is 4.47 Å². The van der Waals surface area contributed by atoms with Crippen molar-refractivity contribution in [1.29, 1.82) is 0 Å². The largest absolute Gasteiger partial charge is 0.481 e. The van der Waals surface area contributed by atoms with Crippen LogP contribution in [0, 0.1) is 5.82 Å². The molecule has 0 aliphatic carbocycles. The number of amides is 1. The summed E-state index contributed by atoms with van der Waals surface area (Å²) in [6.07, 6.45) is -0.715. The summed E-state index contributed by atoms with van der Waals surface area (Å²) >= 11 is 8.37. The molecular formula is C16H15BrFN3O2S. The van der Waals surface area contributed by atoms with Crippen LogP contribution in [0.15, 0.2) is 53.0 Å². The summed E-state index contributed by atoms with van der Waals surface area (Å²) in [5.74, 6) is -0.152. The van der Waals surface area contributed by atoms with Gasteiger partial charge in [0.1, 0.15) is 11.6 Å². The van der Waals surface area contributed by atoms with Gasteiger partial charge in [-0.15, -0.1) is 0 Å². The van der Waals surface area contributed by atoms with Gasteiger partial charge in [-0.3, -0.25) is 15.6 Å². The summed E-state index contributed by atoms with van der Waals surface area (Å²) < 4.78 is 19.3. The summed E-state index contributed by atoms with van der Waals surface area (Å²) in [5.41, 5.74) is 5.60. The molecule has 2 aromatic carbocycles. The minimum Gasteiger partial charge on any atom is -0.481 e. The number of carbonyl (C=O) groups excluding carboxylic acids is 1. The lowest BCUT2D eigenvalue weighted by atomic mass is 10.3. The minimum atomic E-state index is -0.715. The Morgan fingerprint density at radius 1 is 1.12 bits per heavy atom. The molecule has 24 heavy (non-hydrogen) atoms. The summed E-state index contributed by atoms with van der Waals surface area (Å²) in [6, 6.07) is 12.8. The van der Waals surface area contributed by atoms with Crippen molar-refractivity contribution in [2.75, 3.05) is 5.32 Å². The fourth-order valence-electron chi connectivity index (χ4n) is 1.69. The van der Waals surface area contributed by atoms with Crippen LogP contribution in [0.5, 0.6) is 5.75 Å². The highest BCUT2D eigenvalue weighted by Crippen LogP contribution is 2.17. The van der Waals surface area contributed by atoms with Crippen molar-refractivity contribution in [1.82, 2.24) is 10.9 Å². The van der Waals surface area contributed by atoms with Crippen LogP contribution in [-0.4, -0.2) is 17.1 Å². The Bertz CT molecular complexity index is 710. The van der Waals surface area contributed by atoms with Gasteiger partial charge >= 0.3 is 0 Å². The van der Waals surface area contributed by atoms with E-state index in [1.165, 1.54) is 24.3 Å². The van der Waals surface area contributed by atoms with Gasteiger partial charge in [0.15, 0.2) is 11.2 Å². The summed E-state index contributed by atoms with van der Waals surface area (Å²) in [5, 5.41) is 2.98. The van der Waals surface area contributed by atoms with E-state index in [1.807, 2.05) is 12.1 Å². The van der Waals surface area contributed by atoms with Crippen LogP contribution in [0.3, 0.4) is 0 Å². The first kappa shape index (κ1) is 18.2. The molecule has 5 nitrogen and oxygen atoms in total.